The number of carbonyl (C=O) groups excluding carboxylic acids is 1. The van der Waals surface area contributed by atoms with Crippen molar-refractivity contribution in [1.82, 2.24) is 5.32 Å². The molecule has 1 atom stereocenters. The van der Waals surface area contributed by atoms with Crippen LogP contribution in [0.3, 0.4) is 0 Å². The quantitative estimate of drug-likeness (QED) is 0.769. The molecule has 21 heavy (non-hydrogen) atoms. The zero-order chi connectivity index (χ0) is 14.7. The van der Waals surface area contributed by atoms with E-state index in [1.54, 1.807) is 11.3 Å². The normalized spacial score (nSPS) is 17.1. The van der Waals surface area contributed by atoms with Crippen LogP contribution in [0.5, 0.6) is 0 Å². The summed E-state index contributed by atoms with van der Waals surface area (Å²) in [6.45, 7) is 0.321. The Morgan fingerprint density at radius 1 is 1.38 bits per heavy atom. The highest BCUT2D eigenvalue weighted by Crippen LogP contribution is 2.31. The van der Waals surface area contributed by atoms with Crippen molar-refractivity contribution >= 4 is 40.0 Å². The average molecular weight is 413 g/mol. The van der Waals surface area contributed by atoms with E-state index >= 15 is 0 Å². The van der Waals surface area contributed by atoms with Gasteiger partial charge in [-0.2, -0.15) is 0 Å². The number of hydrogen-bond acceptors (Lipinski definition) is 3. The van der Waals surface area contributed by atoms with Gasteiger partial charge in [-0.15, -0.1) is 11.3 Å². The van der Waals surface area contributed by atoms with E-state index in [0.717, 1.165) is 24.8 Å². The van der Waals surface area contributed by atoms with E-state index in [2.05, 4.69) is 33.3 Å². The maximum Gasteiger partial charge on any atom is 0.407 e. The molecule has 0 aliphatic heterocycles. The van der Waals surface area contributed by atoms with Crippen LogP contribution in [0.15, 0.2) is 35.7 Å². The second kappa shape index (κ2) is 6.79. The summed E-state index contributed by atoms with van der Waals surface area (Å²) in [5, 5.41) is 5.18. The number of carbonyl (C=O) groups is 1. The van der Waals surface area contributed by atoms with Crippen LogP contribution >= 0.6 is 33.9 Å². The fraction of sp³-hybridized carbons (Fsp3) is 0.312. The van der Waals surface area contributed by atoms with Gasteiger partial charge in [-0.25, -0.2) is 4.79 Å². The fourth-order valence-corrected chi connectivity index (χ4v) is 4.73. The van der Waals surface area contributed by atoms with Gasteiger partial charge in [-0.1, -0.05) is 30.3 Å². The summed E-state index contributed by atoms with van der Waals surface area (Å²) >= 11 is 4.18. The minimum absolute atomic E-state index is 0.190. The van der Waals surface area contributed by atoms with Gasteiger partial charge in [0.2, 0.25) is 0 Å². The first kappa shape index (κ1) is 14.8. The molecule has 1 aliphatic carbocycles. The number of thiophene rings is 1. The van der Waals surface area contributed by atoms with Gasteiger partial charge in [-0.05, 0) is 46.6 Å². The lowest BCUT2D eigenvalue weighted by Crippen LogP contribution is -2.38. The van der Waals surface area contributed by atoms with Crippen molar-refractivity contribution in [3.63, 3.8) is 0 Å². The van der Waals surface area contributed by atoms with Crippen LogP contribution in [0.4, 0.5) is 4.79 Å². The van der Waals surface area contributed by atoms with Crippen LogP contribution in [-0.4, -0.2) is 12.1 Å². The van der Waals surface area contributed by atoms with E-state index < -0.39 is 0 Å². The second-order valence-corrected chi connectivity index (χ2v) is 7.26. The largest absolute Gasteiger partial charge is 0.445 e. The molecule has 5 heteroatoms. The Labute approximate surface area is 141 Å². The first-order chi connectivity index (χ1) is 10.2. The highest BCUT2D eigenvalue weighted by atomic mass is 127. The molecule has 1 aliphatic rings. The molecule has 1 N–H and O–H groups in total. The number of benzene rings is 1. The lowest BCUT2D eigenvalue weighted by Gasteiger charge is -2.23. The first-order valence-electron chi connectivity index (χ1n) is 6.94. The number of amides is 1. The van der Waals surface area contributed by atoms with E-state index in [0.29, 0.717) is 6.61 Å². The highest BCUT2D eigenvalue weighted by Gasteiger charge is 2.23. The summed E-state index contributed by atoms with van der Waals surface area (Å²) in [5.74, 6) is 0. The Hall–Kier alpha value is -1.08. The van der Waals surface area contributed by atoms with Gasteiger partial charge < -0.3 is 10.1 Å². The summed E-state index contributed by atoms with van der Waals surface area (Å²) in [6, 6.07) is 9.93. The van der Waals surface area contributed by atoms with Crippen LogP contribution in [-0.2, 0) is 24.2 Å². The molecule has 1 heterocycles. The molecule has 0 bridgehead atoms. The van der Waals surface area contributed by atoms with E-state index in [9.17, 15) is 4.79 Å². The number of alkyl carbamates (subject to hydrolysis) is 1. The Morgan fingerprint density at radius 2 is 2.19 bits per heavy atom. The Morgan fingerprint density at radius 3 is 3.00 bits per heavy atom. The maximum atomic E-state index is 11.9. The smallest absolute Gasteiger partial charge is 0.407 e. The summed E-state index contributed by atoms with van der Waals surface area (Å²) < 4.78 is 6.63. The molecule has 1 aromatic heterocycles. The third-order valence-electron chi connectivity index (χ3n) is 3.64. The molecule has 1 unspecified atom stereocenters. The molecule has 0 radical (unpaired) electrons. The fourth-order valence-electron chi connectivity index (χ4n) is 2.53. The minimum atomic E-state index is -0.321. The molecule has 110 valence electrons. The van der Waals surface area contributed by atoms with Crippen LogP contribution < -0.4 is 5.32 Å². The van der Waals surface area contributed by atoms with E-state index in [1.165, 1.54) is 14.0 Å². The van der Waals surface area contributed by atoms with Crippen molar-refractivity contribution < 1.29 is 9.53 Å². The molecular weight excluding hydrogens is 397 g/mol. The third kappa shape index (κ3) is 3.77. The summed E-state index contributed by atoms with van der Waals surface area (Å²) in [6.07, 6.45) is 2.63. The molecule has 1 aromatic carbocycles. The van der Waals surface area contributed by atoms with Crippen molar-refractivity contribution in [3.8, 4) is 0 Å². The van der Waals surface area contributed by atoms with Crippen molar-refractivity contribution in [2.75, 3.05) is 0 Å². The van der Waals surface area contributed by atoms with Crippen molar-refractivity contribution in [2.24, 2.45) is 0 Å². The highest BCUT2D eigenvalue weighted by molar-refractivity contribution is 14.1. The molecule has 1 amide bonds. The van der Waals surface area contributed by atoms with Crippen molar-refractivity contribution in [2.45, 2.75) is 31.9 Å². The summed E-state index contributed by atoms with van der Waals surface area (Å²) in [4.78, 5) is 13.3. The zero-order valence-electron chi connectivity index (χ0n) is 11.5. The van der Waals surface area contributed by atoms with Gasteiger partial charge in [-0.3, -0.25) is 0 Å². The molecular formula is C16H16INO2S. The molecule has 2 aromatic rings. The van der Waals surface area contributed by atoms with E-state index in [4.69, 9.17) is 4.74 Å². The van der Waals surface area contributed by atoms with Gasteiger partial charge in [0.1, 0.15) is 6.61 Å². The second-order valence-electron chi connectivity index (χ2n) is 5.13. The number of halogens is 1. The van der Waals surface area contributed by atoms with E-state index in [1.807, 2.05) is 30.3 Å². The molecule has 0 saturated carbocycles. The minimum Gasteiger partial charge on any atom is -0.445 e. The Kier molecular flexibility index (Phi) is 4.80. The van der Waals surface area contributed by atoms with Crippen LogP contribution in [0.25, 0.3) is 0 Å². The van der Waals surface area contributed by atoms with E-state index in [-0.39, 0.29) is 12.1 Å². The third-order valence-corrected chi connectivity index (χ3v) is 6.08. The lowest BCUT2D eigenvalue weighted by molar-refractivity contribution is 0.134. The zero-order valence-corrected chi connectivity index (χ0v) is 14.4. The van der Waals surface area contributed by atoms with Crippen molar-refractivity contribution in [1.29, 1.82) is 0 Å². The number of rotatable bonds is 3. The van der Waals surface area contributed by atoms with Gasteiger partial charge >= 0.3 is 6.09 Å². The summed E-state index contributed by atoms with van der Waals surface area (Å²) in [7, 11) is 0. The van der Waals surface area contributed by atoms with Crippen LogP contribution in [0, 0.1) is 3.57 Å². The van der Waals surface area contributed by atoms with Gasteiger partial charge in [0, 0.05) is 26.3 Å². The van der Waals surface area contributed by atoms with Gasteiger partial charge in [0.25, 0.3) is 0 Å². The monoisotopic (exact) mass is 413 g/mol. The first-order valence-corrected chi connectivity index (χ1v) is 8.90. The van der Waals surface area contributed by atoms with Crippen LogP contribution in [0.2, 0.25) is 0 Å². The number of ether oxygens (including phenoxy) is 1. The lowest BCUT2D eigenvalue weighted by atomic mass is 9.95. The topological polar surface area (TPSA) is 38.3 Å². The Balaban J connectivity index is 1.50. The molecule has 3 nitrogen and oxygen atoms in total. The van der Waals surface area contributed by atoms with Gasteiger partial charge in [0.05, 0.1) is 0 Å². The number of hydrogen-bond donors (Lipinski definition) is 1. The molecule has 0 saturated heterocycles. The predicted molar refractivity (Wildman–Crippen MR) is 92.6 cm³/mol. The maximum absolute atomic E-state index is 11.9. The number of fused-ring (bicyclic) bond motifs is 1. The average Bonchev–Trinajstić information content (AvgIpc) is 2.87. The van der Waals surface area contributed by atoms with Gasteiger partial charge in [0.15, 0.2) is 0 Å². The number of nitrogens with one attached hydrogen (secondary N) is 1. The summed E-state index contributed by atoms with van der Waals surface area (Å²) in [5.41, 5.74) is 2.47. The van der Waals surface area contributed by atoms with Crippen LogP contribution in [0.1, 0.15) is 22.4 Å². The molecule has 0 fully saturated rings. The molecule has 3 rings (SSSR count). The van der Waals surface area contributed by atoms with Crippen molar-refractivity contribution in [3.05, 3.63) is 55.3 Å². The predicted octanol–water partition coefficient (Wildman–Crippen LogP) is 4.14. The SMILES string of the molecule is O=C(NC1CCc2c(I)csc2C1)OCc1ccccc1. The standard InChI is InChI=1S/C16H16INO2S/c17-14-10-21-15-8-12(6-7-13(14)15)18-16(19)20-9-11-4-2-1-3-5-11/h1-5,10,12H,6-9H2,(H,18,19). The Bertz CT molecular complexity index is 626. The molecule has 0 spiro atoms.